The largest absolute Gasteiger partial charge is 0.466 e. The topological polar surface area (TPSA) is 29.5 Å². The van der Waals surface area contributed by atoms with E-state index < -0.39 is 0 Å². The van der Waals surface area contributed by atoms with Gasteiger partial charge in [-0.15, -0.1) is 6.58 Å². The second-order valence-corrected chi connectivity index (χ2v) is 7.16. The van der Waals surface area contributed by atoms with E-state index in [1.807, 2.05) is 6.08 Å². The highest BCUT2D eigenvalue weighted by molar-refractivity contribution is 14.1. The predicted molar refractivity (Wildman–Crippen MR) is 87.3 cm³/mol. The Morgan fingerprint density at radius 2 is 2.21 bits per heavy atom. The summed E-state index contributed by atoms with van der Waals surface area (Å²) in [7, 11) is 1.46. The Kier molecular flexibility index (Phi) is 6.36. The number of carbonyl (C=O) groups excluding carboxylic acids is 1. The first kappa shape index (κ1) is 16.5. The van der Waals surface area contributed by atoms with Crippen LogP contribution in [0.15, 0.2) is 23.9 Å². The Labute approximate surface area is 130 Å². The number of alkyl halides is 1. The predicted octanol–water partition coefficient (Wildman–Crippen LogP) is 3.69. The van der Waals surface area contributed by atoms with Crippen molar-refractivity contribution in [3.8, 4) is 0 Å². The molecule has 4 heteroatoms. The Hall–Kier alpha value is -0.520. The van der Waals surface area contributed by atoms with E-state index in [9.17, 15) is 4.79 Å². The highest BCUT2D eigenvalue weighted by Gasteiger charge is 2.38. The van der Waals surface area contributed by atoms with E-state index >= 15 is 0 Å². The van der Waals surface area contributed by atoms with Crippen molar-refractivity contribution in [2.75, 3.05) is 7.11 Å². The van der Waals surface area contributed by atoms with Gasteiger partial charge in [-0.1, -0.05) is 35.6 Å². The third-order valence-electron chi connectivity index (χ3n) is 3.53. The molecular formula is C15H24INO2. The van der Waals surface area contributed by atoms with Crippen molar-refractivity contribution >= 4 is 28.6 Å². The van der Waals surface area contributed by atoms with Gasteiger partial charge in [0.2, 0.25) is 0 Å². The smallest absolute Gasteiger partial charge is 0.335 e. The van der Waals surface area contributed by atoms with Gasteiger partial charge in [0.25, 0.3) is 0 Å². The molecule has 0 saturated carbocycles. The molecule has 0 saturated heterocycles. The van der Waals surface area contributed by atoms with Crippen molar-refractivity contribution in [3.05, 3.63) is 23.9 Å². The summed E-state index contributed by atoms with van der Waals surface area (Å²) in [4.78, 5) is 14.4. The van der Waals surface area contributed by atoms with Crippen molar-refractivity contribution in [1.82, 2.24) is 4.90 Å². The van der Waals surface area contributed by atoms with Gasteiger partial charge in [0.15, 0.2) is 0 Å². The number of ether oxygens (including phenoxy) is 1. The number of rotatable bonds is 6. The molecule has 0 aromatic carbocycles. The molecule has 3 nitrogen and oxygen atoms in total. The maximum absolute atomic E-state index is 12.0. The first-order valence-electron chi connectivity index (χ1n) is 6.77. The van der Waals surface area contributed by atoms with Crippen molar-refractivity contribution < 1.29 is 9.53 Å². The highest BCUT2D eigenvalue weighted by atomic mass is 127. The van der Waals surface area contributed by atoms with E-state index in [0.717, 1.165) is 30.5 Å². The minimum atomic E-state index is -0.177. The summed E-state index contributed by atoms with van der Waals surface area (Å²) in [5.74, 6) is -0.177. The normalized spacial score (nSPS) is 20.9. The minimum Gasteiger partial charge on any atom is -0.466 e. The van der Waals surface area contributed by atoms with Crippen molar-refractivity contribution in [2.45, 2.75) is 56.0 Å². The van der Waals surface area contributed by atoms with Gasteiger partial charge in [0.1, 0.15) is 0 Å². The van der Waals surface area contributed by atoms with Crippen LogP contribution in [0.3, 0.4) is 0 Å². The SMILES string of the molecule is C=CCCC1=C(C(=O)OC)CC(C(C)I)N1C(C)C. The van der Waals surface area contributed by atoms with E-state index in [-0.39, 0.29) is 5.97 Å². The average Bonchev–Trinajstić information content (AvgIpc) is 2.74. The third-order valence-corrected chi connectivity index (χ3v) is 4.36. The molecule has 0 bridgehead atoms. The number of esters is 1. The molecule has 1 rings (SSSR count). The van der Waals surface area contributed by atoms with Crippen LogP contribution in [0, 0.1) is 0 Å². The maximum atomic E-state index is 12.0. The Morgan fingerprint density at radius 3 is 2.63 bits per heavy atom. The van der Waals surface area contributed by atoms with Crippen LogP contribution in [-0.2, 0) is 9.53 Å². The van der Waals surface area contributed by atoms with Gasteiger partial charge in [-0.05, 0) is 26.7 Å². The van der Waals surface area contributed by atoms with Gasteiger partial charge in [-0.25, -0.2) is 4.79 Å². The number of halogens is 1. The Balaban J connectivity index is 3.12. The lowest BCUT2D eigenvalue weighted by molar-refractivity contribution is -0.136. The van der Waals surface area contributed by atoms with E-state index in [1.165, 1.54) is 7.11 Å². The lowest BCUT2D eigenvalue weighted by Gasteiger charge is -2.35. The second-order valence-electron chi connectivity index (χ2n) is 5.19. The zero-order valence-electron chi connectivity index (χ0n) is 12.3. The van der Waals surface area contributed by atoms with Crippen LogP contribution < -0.4 is 0 Å². The standard InChI is InChI=1S/C15H24INO2/c1-6-7-8-13-12(15(18)19-5)9-14(11(4)16)17(13)10(2)3/h6,10-11,14H,1,7-9H2,2-5H3. The molecule has 19 heavy (non-hydrogen) atoms. The summed E-state index contributed by atoms with van der Waals surface area (Å²) in [5, 5.41) is 0. The number of hydrogen-bond donors (Lipinski definition) is 0. The quantitative estimate of drug-likeness (QED) is 0.306. The molecule has 0 fully saturated rings. The molecule has 2 atom stereocenters. The third kappa shape index (κ3) is 3.74. The summed E-state index contributed by atoms with van der Waals surface area (Å²) in [5.41, 5.74) is 2.00. The van der Waals surface area contributed by atoms with E-state index in [1.54, 1.807) is 0 Å². The van der Waals surface area contributed by atoms with Gasteiger partial charge < -0.3 is 9.64 Å². The Morgan fingerprint density at radius 1 is 1.58 bits per heavy atom. The van der Waals surface area contributed by atoms with Gasteiger partial charge >= 0.3 is 5.97 Å². The first-order chi connectivity index (χ1) is 8.93. The fourth-order valence-corrected chi connectivity index (χ4v) is 3.30. The van der Waals surface area contributed by atoms with Crippen LogP contribution >= 0.6 is 22.6 Å². The van der Waals surface area contributed by atoms with Crippen LogP contribution in [0.5, 0.6) is 0 Å². The summed E-state index contributed by atoms with van der Waals surface area (Å²) in [6.07, 6.45) is 4.45. The molecule has 0 amide bonds. The van der Waals surface area contributed by atoms with E-state index in [4.69, 9.17) is 4.74 Å². The average molecular weight is 377 g/mol. The van der Waals surface area contributed by atoms with Crippen LogP contribution in [0.25, 0.3) is 0 Å². The molecule has 2 unspecified atom stereocenters. The maximum Gasteiger partial charge on any atom is 0.335 e. The molecular weight excluding hydrogens is 353 g/mol. The fourth-order valence-electron chi connectivity index (χ4n) is 2.70. The second kappa shape index (κ2) is 7.31. The summed E-state index contributed by atoms with van der Waals surface area (Å²) >= 11 is 2.45. The number of nitrogens with zero attached hydrogens (tertiary/aromatic N) is 1. The van der Waals surface area contributed by atoms with Crippen LogP contribution in [0.4, 0.5) is 0 Å². The minimum absolute atomic E-state index is 0.177. The van der Waals surface area contributed by atoms with Crippen molar-refractivity contribution in [1.29, 1.82) is 0 Å². The first-order valence-corrected chi connectivity index (χ1v) is 8.02. The molecule has 0 spiro atoms. The van der Waals surface area contributed by atoms with E-state index in [0.29, 0.717) is 16.0 Å². The monoisotopic (exact) mass is 377 g/mol. The van der Waals surface area contributed by atoms with Crippen molar-refractivity contribution in [2.24, 2.45) is 0 Å². The van der Waals surface area contributed by atoms with Gasteiger partial charge in [0, 0.05) is 28.1 Å². The van der Waals surface area contributed by atoms with Crippen LogP contribution in [0.1, 0.15) is 40.0 Å². The number of hydrogen-bond acceptors (Lipinski definition) is 3. The molecule has 0 aromatic rings. The molecule has 1 heterocycles. The van der Waals surface area contributed by atoms with Gasteiger partial charge in [-0.3, -0.25) is 0 Å². The van der Waals surface area contributed by atoms with Gasteiger partial charge in [0.05, 0.1) is 12.7 Å². The summed E-state index contributed by atoms with van der Waals surface area (Å²) in [6, 6.07) is 0.777. The summed E-state index contributed by atoms with van der Waals surface area (Å²) < 4.78 is 5.44. The van der Waals surface area contributed by atoms with E-state index in [2.05, 4.69) is 54.8 Å². The highest BCUT2D eigenvalue weighted by Crippen LogP contribution is 2.37. The van der Waals surface area contributed by atoms with Crippen molar-refractivity contribution in [3.63, 3.8) is 0 Å². The lowest BCUT2D eigenvalue weighted by Crippen LogP contribution is -2.40. The zero-order valence-corrected chi connectivity index (χ0v) is 14.4. The molecule has 0 N–H and O–H groups in total. The molecule has 0 aliphatic carbocycles. The number of methoxy groups -OCH3 is 1. The molecule has 1 aliphatic heterocycles. The Bertz CT molecular complexity index is 374. The van der Waals surface area contributed by atoms with Gasteiger partial charge in [-0.2, -0.15) is 0 Å². The molecule has 108 valence electrons. The number of carbonyl (C=O) groups is 1. The van der Waals surface area contributed by atoms with Crippen LogP contribution in [0.2, 0.25) is 0 Å². The molecule has 0 radical (unpaired) electrons. The lowest BCUT2D eigenvalue weighted by atomic mass is 10.1. The fraction of sp³-hybridized carbons (Fsp3) is 0.667. The number of allylic oxidation sites excluding steroid dienone is 2. The molecule has 0 aromatic heterocycles. The van der Waals surface area contributed by atoms with Crippen LogP contribution in [-0.4, -0.2) is 34.0 Å². The summed E-state index contributed by atoms with van der Waals surface area (Å²) in [6.45, 7) is 10.3. The zero-order chi connectivity index (χ0) is 14.6. The molecule has 1 aliphatic rings.